The highest BCUT2D eigenvalue weighted by Crippen LogP contribution is 2.28. The van der Waals surface area contributed by atoms with E-state index >= 15 is 0 Å². The third-order valence-electron chi connectivity index (χ3n) is 3.88. The largest absolute Gasteiger partial charge is 0.387 e. The Morgan fingerprint density at radius 3 is 2.95 bits per heavy atom. The van der Waals surface area contributed by atoms with E-state index in [1.165, 1.54) is 32.1 Å². The Balaban J connectivity index is 1.74. The van der Waals surface area contributed by atoms with Gasteiger partial charge in [0.2, 0.25) is 0 Å². The molecule has 0 aliphatic heterocycles. The van der Waals surface area contributed by atoms with Gasteiger partial charge >= 0.3 is 0 Å². The lowest BCUT2D eigenvalue weighted by molar-refractivity contribution is 0.0953. The normalized spacial score (nSPS) is 15.4. The van der Waals surface area contributed by atoms with Crippen LogP contribution in [-0.2, 0) is 0 Å². The van der Waals surface area contributed by atoms with Crippen LogP contribution in [0.5, 0.6) is 0 Å². The van der Waals surface area contributed by atoms with Crippen LogP contribution in [-0.4, -0.2) is 24.5 Å². The van der Waals surface area contributed by atoms with E-state index in [2.05, 4.69) is 15.6 Å². The van der Waals surface area contributed by atoms with Gasteiger partial charge in [-0.2, -0.15) is 0 Å². The van der Waals surface area contributed by atoms with E-state index in [0.29, 0.717) is 5.56 Å². The summed E-state index contributed by atoms with van der Waals surface area (Å²) < 4.78 is 0. The van der Waals surface area contributed by atoms with Gasteiger partial charge in [-0.1, -0.05) is 25.7 Å². The zero-order valence-electron chi connectivity index (χ0n) is 11.6. The molecule has 1 aliphatic rings. The molecule has 0 radical (unpaired) electrons. The second-order valence-electron chi connectivity index (χ2n) is 5.22. The Hall–Kier alpha value is -1.58. The van der Waals surface area contributed by atoms with E-state index < -0.39 is 0 Å². The number of carbonyl (C=O) groups excluding carboxylic acids is 1. The number of pyridine rings is 1. The molecule has 1 aromatic heterocycles. The minimum absolute atomic E-state index is 0.0381. The van der Waals surface area contributed by atoms with Crippen LogP contribution in [0.25, 0.3) is 0 Å². The van der Waals surface area contributed by atoms with Crippen molar-refractivity contribution in [3.8, 4) is 0 Å². The third kappa shape index (κ3) is 3.94. The summed E-state index contributed by atoms with van der Waals surface area (Å²) in [5.74, 6) is 0.854. The van der Waals surface area contributed by atoms with E-state index in [1.54, 1.807) is 12.4 Å². The van der Waals surface area contributed by atoms with Gasteiger partial charge in [0, 0.05) is 31.7 Å². The fourth-order valence-corrected chi connectivity index (χ4v) is 2.78. The van der Waals surface area contributed by atoms with Crippen molar-refractivity contribution in [3.05, 3.63) is 24.0 Å². The van der Waals surface area contributed by atoms with Gasteiger partial charge in [0.05, 0.1) is 5.56 Å². The molecule has 2 N–H and O–H groups in total. The van der Waals surface area contributed by atoms with Gasteiger partial charge in [-0.05, 0) is 24.8 Å². The van der Waals surface area contributed by atoms with Crippen molar-refractivity contribution in [2.24, 2.45) is 5.92 Å². The minimum Gasteiger partial charge on any atom is -0.387 e. The highest BCUT2D eigenvalue weighted by atomic mass is 16.1. The molecule has 1 amide bonds. The highest BCUT2D eigenvalue weighted by molar-refractivity contribution is 5.99. The van der Waals surface area contributed by atoms with Crippen molar-refractivity contribution < 1.29 is 4.79 Å². The molecular formula is C15H23N3O. The van der Waals surface area contributed by atoms with Crippen LogP contribution in [0.1, 0.15) is 48.9 Å². The van der Waals surface area contributed by atoms with Crippen LogP contribution in [0.4, 0.5) is 5.69 Å². The fraction of sp³-hybridized carbons (Fsp3) is 0.600. The van der Waals surface area contributed by atoms with Gasteiger partial charge in [0.15, 0.2) is 0 Å². The molecule has 1 aromatic rings. The molecule has 104 valence electrons. The molecule has 1 saturated carbocycles. The molecule has 4 heteroatoms. The molecule has 2 rings (SSSR count). The first kappa shape index (κ1) is 13.8. The number of hydrogen-bond donors (Lipinski definition) is 2. The molecule has 0 saturated heterocycles. The third-order valence-corrected chi connectivity index (χ3v) is 3.88. The van der Waals surface area contributed by atoms with Crippen molar-refractivity contribution >= 4 is 11.6 Å². The zero-order chi connectivity index (χ0) is 13.5. The first-order chi connectivity index (χ1) is 9.31. The maximum Gasteiger partial charge on any atom is 0.254 e. The van der Waals surface area contributed by atoms with Crippen molar-refractivity contribution in [3.63, 3.8) is 0 Å². The summed E-state index contributed by atoms with van der Waals surface area (Å²) >= 11 is 0. The van der Waals surface area contributed by atoms with Gasteiger partial charge in [0.25, 0.3) is 5.91 Å². The quantitative estimate of drug-likeness (QED) is 0.774. The number of amides is 1. The van der Waals surface area contributed by atoms with E-state index in [0.717, 1.165) is 24.6 Å². The molecule has 4 nitrogen and oxygen atoms in total. The number of aromatic nitrogens is 1. The molecular weight excluding hydrogens is 238 g/mol. The van der Waals surface area contributed by atoms with Crippen molar-refractivity contribution in [1.82, 2.24) is 10.3 Å². The summed E-state index contributed by atoms with van der Waals surface area (Å²) in [6.07, 6.45) is 11.1. The molecule has 0 unspecified atom stereocenters. The van der Waals surface area contributed by atoms with Crippen LogP contribution in [0.3, 0.4) is 0 Å². The zero-order valence-corrected chi connectivity index (χ0v) is 11.6. The minimum atomic E-state index is -0.0381. The molecule has 0 aromatic carbocycles. The van der Waals surface area contributed by atoms with Crippen LogP contribution < -0.4 is 10.6 Å². The summed E-state index contributed by atoms with van der Waals surface area (Å²) in [5.41, 5.74) is 1.44. The molecule has 1 fully saturated rings. The van der Waals surface area contributed by atoms with Crippen LogP contribution >= 0.6 is 0 Å². The summed E-state index contributed by atoms with van der Waals surface area (Å²) in [7, 11) is 1.81. The van der Waals surface area contributed by atoms with E-state index in [1.807, 2.05) is 13.1 Å². The standard InChI is InChI=1S/C15H23N3O/c1-16-14-8-10-17-11-13(14)15(19)18-9-4-7-12-5-2-3-6-12/h8,10-12H,2-7,9H2,1H3,(H,16,17)(H,18,19). The average molecular weight is 261 g/mol. The molecule has 0 atom stereocenters. The highest BCUT2D eigenvalue weighted by Gasteiger charge is 2.14. The van der Waals surface area contributed by atoms with E-state index in [-0.39, 0.29) is 5.91 Å². The predicted octanol–water partition coefficient (Wildman–Crippen LogP) is 2.82. The second-order valence-corrected chi connectivity index (χ2v) is 5.22. The maximum absolute atomic E-state index is 12.0. The number of rotatable bonds is 6. The predicted molar refractivity (Wildman–Crippen MR) is 77.3 cm³/mol. The summed E-state index contributed by atoms with van der Waals surface area (Å²) in [4.78, 5) is 16.0. The smallest absolute Gasteiger partial charge is 0.254 e. The number of nitrogens with one attached hydrogen (secondary N) is 2. The fourth-order valence-electron chi connectivity index (χ4n) is 2.78. The lowest BCUT2D eigenvalue weighted by Gasteiger charge is -2.11. The molecule has 0 spiro atoms. The first-order valence-corrected chi connectivity index (χ1v) is 7.21. The molecule has 0 bridgehead atoms. The Morgan fingerprint density at radius 1 is 1.42 bits per heavy atom. The Bertz CT molecular complexity index is 414. The van der Waals surface area contributed by atoms with Crippen molar-refractivity contribution in [1.29, 1.82) is 0 Å². The molecule has 1 heterocycles. The number of carbonyl (C=O) groups is 1. The van der Waals surface area contributed by atoms with Crippen molar-refractivity contribution in [2.45, 2.75) is 38.5 Å². The number of hydrogen-bond acceptors (Lipinski definition) is 3. The lowest BCUT2D eigenvalue weighted by atomic mass is 10.0. The van der Waals surface area contributed by atoms with Crippen LogP contribution in [0.15, 0.2) is 18.5 Å². The first-order valence-electron chi connectivity index (χ1n) is 7.21. The van der Waals surface area contributed by atoms with Crippen LogP contribution in [0.2, 0.25) is 0 Å². The SMILES string of the molecule is CNc1ccncc1C(=O)NCCCC1CCCC1. The number of anilines is 1. The molecule has 1 aliphatic carbocycles. The van der Waals surface area contributed by atoms with Gasteiger partial charge in [-0.15, -0.1) is 0 Å². The summed E-state index contributed by atoms with van der Waals surface area (Å²) in [6, 6.07) is 1.81. The lowest BCUT2D eigenvalue weighted by Crippen LogP contribution is -2.25. The second kappa shape index (κ2) is 7.12. The van der Waals surface area contributed by atoms with Crippen molar-refractivity contribution in [2.75, 3.05) is 18.9 Å². The Kier molecular flexibility index (Phi) is 5.19. The van der Waals surface area contributed by atoms with E-state index in [4.69, 9.17) is 0 Å². The van der Waals surface area contributed by atoms with Gasteiger partial charge < -0.3 is 10.6 Å². The van der Waals surface area contributed by atoms with Gasteiger partial charge in [-0.3, -0.25) is 9.78 Å². The average Bonchev–Trinajstić information content (AvgIpc) is 2.96. The summed E-state index contributed by atoms with van der Waals surface area (Å²) in [6.45, 7) is 0.757. The number of nitrogens with zero attached hydrogens (tertiary/aromatic N) is 1. The Morgan fingerprint density at radius 2 is 2.21 bits per heavy atom. The van der Waals surface area contributed by atoms with Gasteiger partial charge in [-0.25, -0.2) is 0 Å². The summed E-state index contributed by atoms with van der Waals surface area (Å²) in [5, 5.41) is 5.99. The monoisotopic (exact) mass is 261 g/mol. The topological polar surface area (TPSA) is 54.0 Å². The van der Waals surface area contributed by atoms with E-state index in [9.17, 15) is 4.79 Å². The Labute approximate surface area is 115 Å². The van der Waals surface area contributed by atoms with Crippen LogP contribution in [0, 0.1) is 5.92 Å². The maximum atomic E-state index is 12.0. The molecule has 19 heavy (non-hydrogen) atoms. The van der Waals surface area contributed by atoms with Gasteiger partial charge in [0.1, 0.15) is 0 Å².